The molecule has 176 valence electrons. The molecule has 1 atom stereocenters. The minimum atomic E-state index is -1.30. The van der Waals surface area contributed by atoms with Crippen LogP contribution in [0.25, 0.3) is 11.2 Å². The maximum atomic E-state index is 12.4. The average molecular weight is 544 g/mol. The number of benzene rings is 1. The molecule has 2 aromatic heterocycles. The summed E-state index contributed by atoms with van der Waals surface area (Å²) >= 11 is 0. The van der Waals surface area contributed by atoms with Crippen molar-refractivity contribution in [3.8, 4) is 0 Å². The molecule has 0 bridgehead atoms. The molecule has 1 amide bonds. The molecular weight excluding hydrogens is 520 g/mol. The second-order valence-corrected chi connectivity index (χ2v) is 7.20. The third kappa shape index (κ3) is 6.96. The van der Waals surface area contributed by atoms with E-state index >= 15 is 0 Å². The molecule has 0 saturated heterocycles. The molecule has 3 aromatic rings. The van der Waals surface area contributed by atoms with E-state index in [0.29, 0.717) is 23.4 Å². The van der Waals surface area contributed by atoms with Crippen molar-refractivity contribution in [3.63, 3.8) is 0 Å². The van der Waals surface area contributed by atoms with Gasteiger partial charge in [-0.1, -0.05) is 0 Å². The first-order valence-corrected chi connectivity index (χ1v) is 9.75. The summed E-state index contributed by atoms with van der Waals surface area (Å²) < 4.78 is 0. The van der Waals surface area contributed by atoms with Gasteiger partial charge >= 0.3 is 57.4 Å². The van der Waals surface area contributed by atoms with Gasteiger partial charge in [-0.05, 0) is 30.7 Å². The Morgan fingerprint density at radius 3 is 2.41 bits per heavy atom. The molecule has 1 aromatic carbocycles. The first-order valence-electron chi connectivity index (χ1n) is 9.75. The molecule has 0 radical (unpaired) electrons. The number of amides is 1. The number of fused-ring (bicyclic) bond motifs is 1. The molecule has 7 N–H and O–H groups in total. The molecule has 13 nitrogen and oxygen atoms in total. The van der Waals surface area contributed by atoms with Crippen LogP contribution >= 0.6 is 0 Å². The molecule has 0 spiro atoms. The van der Waals surface area contributed by atoms with Crippen LogP contribution in [-0.2, 0) is 16.1 Å². The maximum Gasteiger partial charge on any atom is 2.00 e. The molecule has 2 heterocycles. The molecular formula is C20H24N8O5Sr. The Balaban J connectivity index is 0.00000408. The van der Waals surface area contributed by atoms with E-state index in [0.717, 1.165) is 5.69 Å². The monoisotopic (exact) mass is 544 g/mol. The fourth-order valence-corrected chi connectivity index (χ4v) is 3.03. The fraction of sp³-hybridized carbons (Fsp3) is 0.250. The number of hydrogen-bond donors (Lipinski definition) is 5. The van der Waals surface area contributed by atoms with E-state index in [1.165, 1.54) is 12.1 Å². The van der Waals surface area contributed by atoms with Gasteiger partial charge in [0.05, 0.1) is 18.4 Å². The number of nitrogens with zero attached hydrogens (tertiary/aromatic N) is 5. The Bertz CT molecular complexity index is 1220. The first kappa shape index (κ1) is 27.2. The van der Waals surface area contributed by atoms with E-state index in [9.17, 15) is 19.5 Å². The molecule has 1 unspecified atom stereocenters. The largest absolute Gasteiger partial charge is 2.00 e. The average Bonchev–Trinajstić information content (AvgIpc) is 2.76. The second-order valence-electron chi connectivity index (χ2n) is 7.20. The summed E-state index contributed by atoms with van der Waals surface area (Å²) in [5.74, 6) is -2.91. The third-order valence-corrected chi connectivity index (χ3v) is 4.72. The van der Waals surface area contributed by atoms with Crippen molar-refractivity contribution >= 4 is 91.9 Å². The molecule has 0 aliphatic carbocycles. The SMILES string of the molecule is CN(Cc1cnc2nc(N)nc(N)c2n1)c1ccc(C(=O)NC(CCC(=O)O)C(=O)O)cc1.[H-].[H-].[Sr+2]. The van der Waals surface area contributed by atoms with Crippen molar-refractivity contribution in [2.24, 2.45) is 0 Å². The molecule has 0 fully saturated rings. The Labute approximate surface area is 233 Å². The third-order valence-electron chi connectivity index (χ3n) is 4.72. The van der Waals surface area contributed by atoms with Gasteiger partial charge in [-0.2, -0.15) is 9.97 Å². The van der Waals surface area contributed by atoms with Crippen LogP contribution in [0.3, 0.4) is 0 Å². The van der Waals surface area contributed by atoms with Gasteiger partial charge < -0.3 is 34.8 Å². The second kappa shape index (κ2) is 11.9. The van der Waals surface area contributed by atoms with E-state index in [1.807, 2.05) is 11.9 Å². The van der Waals surface area contributed by atoms with E-state index in [2.05, 4.69) is 25.3 Å². The van der Waals surface area contributed by atoms with Crippen LogP contribution in [0, 0.1) is 0 Å². The number of hydrogen-bond acceptors (Lipinski definition) is 10. The summed E-state index contributed by atoms with van der Waals surface area (Å²) in [4.78, 5) is 52.7. The van der Waals surface area contributed by atoms with Crippen LogP contribution in [0.2, 0.25) is 0 Å². The number of carbonyl (C=O) groups is 3. The number of aliphatic carboxylic acids is 2. The zero-order chi connectivity index (χ0) is 24.1. The smallest absolute Gasteiger partial charge is 1.00 e. The first-order chi connectivity index (χ1) is 15.6. The summed E-state index contributed by atoms with van der Waals surface area (Å²) in [6.45, 7) is 0.370. The van der Waals surface area contributed by atoms with Gasteiger partial charge in [-0.25, -0.2) is 14.8 Å². The van der Waals surface area contributed by atoms with Crippen molar-refractivity contribution in [2.45, 2.75) is 25.4 Å². The number of rotatable bonds is 9. The van der Waals surface area contributed by atoms with Crippen LogP contribution in [-0.4, -0.2) is 107 Å². The van der Waals surface area contributed by atoms with Crippen LogP contribution in [0.4, 0.5) is 17.5 Å². The minimum absolute atomic E-state index is 0. The Hall–Kier alpha value is -3.07. The van der Waals surface area contributed by atoms with Crippen molar-refractivity contribution in [1.82, 2.24) is 25.3 Å². The number of nitrogen functional groups attached to an aromatic ring is 2. The van der Waals surface area contributed by atoms with Crippen molar-refractivity contribution in [1.29, 1.82) is 0 Å². The van der Waals surface area contributed by atoms with Crippen LogP contribution in [0.15, 0.2) is 30.5 Å². The quantitative estimate of drug-likeness (QED) is 0.227. The predicted molar refractivity (Wildman–Crippen MR) is 126 cm³/mol. The van der Waals surface area contributed by atoms with Crippen LogP contribution in [0.5, 0.6) is 0 Å². The van der Waals surface area contributed by atoms with Gasteiger partial charge in [0.15, 0.2) is 17.0 Å². The normalized spacial score (nSPS) is 11.3. The van der Waals surface area contributed by atoms with E-state index in [-0.39, 0.29) is 78.5 Å². The summed E-state index contributed by atoms with van der Waals surface area (Å²) in [7, 11) is 1.82. The number of carboxylic acid groups (broad SMARTS) is 2. The van der Waals surface area contributed by atoms with E-state index < -0.39 is 23.9 Å². The summed E-state index contributed by atoms with van der Waals surface area (Å²) in [5, 5.41) is 20.2. The summed E-state index contributed by atoms with van der Waals surface area (Å²) in [6, 6.07) is 5.16. The van der Waals surface area contributed by atoms with Gasteiger partial charge in [0, 0.05) is 24.7 Å². The molecule has 14 heteroatoms. The number of nitrogens with two attached hydrogens (primary N) is 2. The Kier molecular flexibility index (Phi) is 9.49. The predicted octanol–water partition coefficient (Wildman–Crippen LogP) is 0.113. The standard InChI is InChI=1S/C20H22N8O5.Sr.2H/c1-28(9-11-8-23-17-15(24-11)16(21)26-20(22)27-17)12-4-2-10(3-5-12)18(31)25-13(19(32)33)6-7-14(29)30;;;/h2-5,8,13H,6-7,9H2,1H3,(H,25,31)(H,29,30)(H,32,33)(H4,21,22,23,26,27);;;/q;+2;2*-1. The van der Waals surface area contributed by atoms with Crippen LogP contribution < -0.4 is 21.7 Å². The molecule has 0 saturated carbocycles. The maximum absolute atomic E-state index is 12.4. The number of nitrogens with one attached hydrogen (secondary N) is 1. The fourth-order valence-electron chi connectivity index (χ4n) is 3.03. The van der Waals surface area contributed by atoms with Gasteiger partial charge in [-0.3, -0.25) is 9.59 Å². The van der Waals surface area contributed by atoms with Gasteiger partial charge in [0.2, 0.25) is 5.95 Å². The van der Waals surface area contributed by atoms with Crippen molar-refractivity contribution in [2.75, 3.05) is 23.4 Å². The Morgan fingerprint density at radius 2 is 1.79 bits per heavy atom. The van der Waals surface area contributed by atoms with Gasteiger partial charge in [0.25, 0.3) is 5.91 Å². The van der Waals surface area contributed by atoms with E-state index in [4.69, 9.17) is 16.6 Å². The van der Waals surface area contributed by atoms with Gasteiger partial charge in [-0.15, -0.1) is 0 Å². The Morgan fingerprint density at radius 1 is 1.12 bits per heavy atom. The minimum Gasteiger partial charge on any atom is -1.00 e. The topological polar surface area (TPSA) is 211 Å². The number of anilines is 3. The van der Waals surface area contributed by atoms with Crippen molar-refractivity contribution < 1.29 is 27.4 Å². The molecule has 3 rings (SSSR count). The van der Waals surface area contributed by atoms with Crippen LogP contribution in [0.1, 0.15) is 31.7 Å². The van der Waals surface area contributed by atoms with Gasteiger partial charge in [0.1, 0.15) is 6.04 Å². The van der Waals surface area contributed by atoms with Crippen molar-refractivity contribution in [3.05, 3.63) is 41.7 Å². The zero-order valence-corrected chi connectivity index (χ0v) is 21.8. The molecule has 0 aliphatic heterocycles. The summed E-state index contributed by atoms with van der Waals surface area (Å²) in [6.07, 6.45) is 0.964. The zero-order valence-electron chi connectivity index (χ0n) is 20.3. The number of carboxylic acids is 2. The molecule has 34 heavy (non-hydrogen) atoms. The number of carbonyl (C=O) groups excluding carboxylic acids is 1. The molecule has 0 aliphatic rings. The summed E-state index contributed by atoms with van der Waals surface area (Å²) in [5.41, 5.74) is 13.7. The number of aromatic nitrogens is 4. The van der Waals surface area contributed by atoms with E-state index in [1.54, 1.807) is 18.3 Å².